The average molecular weight is 306 g/mol. The molecule has 2 aromatic heterocycles. The van der Waals surface area contributed by atoms with Crippen LogP contribution in [-0.4, -0.2) is 20.2 Å². The molecule has 0 amide bonds. The summed E-state index contributed by atoms with van der Waals surface area (Å²) < 4.78 is 6.65. The van der Waals surface area contributed by atoms with E-state index in [0.717, 1.165) is 4.47 Å². The summed E-state index contributed by atoms with van der Waals surface area (Å²) >= 11 is 3.36. The van der Waals surface area contributed by atoms with Crippen molar-refractivity contribution in [3.63, 3.8) is 0 Å². The van der Waals surface area contributed by atoms with Crippen molar-refractivity contribution in [2.24, 2.45) is 0 Å². The Morgan fingerprint density at radius 3 is 2.72 bits per heavy atom. The Labute approximate surface area is 110 Å². The molecule has 6 nitrogen and oxygen atoms in total. The van der Waals surface area contributed by atoms with E-state index in [4.69, 9.17) is 10.5 Å². The number of aromatic nitrogens is 4. The monoisotopic (exact) mass is 305 g/mol. The van der Waals surface area contributed by atoms with Gasteiger partial charge in [0.15, 0.2) is 5.65 Å². The average Bonchev–Trinajstić information content (AvgIpc) is 2.80. The molecular weight excluding hydrogens is 298 g/mol. The van der Waals surface area contributed by atoms with Gasteiger partial charge in [-0.1, -0.05) is 15.9 Å². The standard InChI is InChI=1S/C11H8BrN5O/c12-6-1-3-7(4-2-6)18-10-8-5-14-17-9(8)15-11(13)16-10/h1-5H,(H3,13,14,15,16,17). The first kappa shape index (κ1) is 11.0. The molecule has 0 fully saturated rings. The van der Waals surface area contributed by atoms with Gasteiger partial charge < -0.3 is 10.5 Å². The smallest absolute Gasteiger partial charge is 0.235 e. The van der Waals surface area contributed by atoms with Gasteiger partial charge in [0.1, 0.15) is 11.1 Å². The van der Waals surface area contributed by atoms with Crippen molar-refractivity contribution in [3.05, 3.63) is 34.9 Å². The summed E-state index contributed by atoms with van der Waals surface area (Å²) in [5.41, 5.74) is 6.15. The lowest BCUT2D eigenvalue weighted by Gasteiger charge is -2.05. The topological polar surface area (TPSA) is 89.7 Å². The Bertz CT molecular complexity index is 694. The second kappa shape index (κ2) is 4.26. The molecule has 0 saturated carbocycles. The number of aromatic amines is 1. The third-order valence-electron chi connectivity index (χ3n) is 2.32. The van der Waals surface area contributed by atoms with Gasteiger partial charge in [0.25, 0.3) is 0 Å². The van der Waals surface area contributed by atoms with E-state index in [1.165, 1.54) is 0 Å². The fraction of sp³-hybridized carbons (Fsp3) is 0. The lowest BCUT2D eigenvalue weighted by atomic mass is 10.3. The van der Waals surface area contributed by atoms with E-state index in [-0.39, 0.29) is 5.95 Å². The van der Waals surface area contributed by atoms with Gasteiger partial charge in [-0.15, -0.1) is 0 Å². The normalized spacial score (nSPS) is 10.7. The Hall–Kier alpha value is -2.15. The summed E-state index contributed by atoms with van der Waals surface area (Å²) in [5, 5.41) is 7.30. The number of nitrogens with zero attached hydrogens (tertiary/aromatic N) is 3. The summed E-state index contributed by atoms with van der Waals surface area (Å²) in [6, 6.07) is 7.42. The fourth-order valence-corrected chi connectivity index (χ4v) is 1.78. The molecule has 0 aliphatic heterocycles. The van der Waals surface area contributed by atoms with Gasteiger partial charge in [0, 0.05) is 4.47 Å². The fourth-order valence-electron chi connectivity index (χ4n) is 1.52. The number of ether oxygens (including phenoxy) is 1. The highest BCUT2D eigenvalue weighted by Gasteiger charge is 2.10. The first-order chi connectivity index (χ1) is 8.72. The van der Waals surface area contributed by atoms with E-state index < -0.39 is 0 Å². The Kier molecular flexibility index (Phi) is 2.60. The van der Waals surface area contributed by atoms with Gasteiger partial charge in [-0.05, 0) is 24.3 Å². The quantitative estimate of drug-likeness (QED) is 0.759. The summed E-state index contributed by atoms with van der Waals surface area (Å²) in [6.07, 6.45) is 1.60. The first-order valence-electron chi connectivity index (χ1n) is 5.12. The van der Waals surface area contributed by atoms with E-state index >= 15 is 0 Å². The second-order valence-electron chi connectivity index (χ2n) is 3.58. The molecule has 0 unspecified atom stereocenters. The number of fused-ring (bicyclic) bond motifs is 1. The molecule has 7 heteroatoms. The maximum Gasteiger partial charge on any atom is 0.235 e. The van der Waals surface area contributed by atoms with Crippen molar-refractivity contribution >= 4 is 32.9 Å². The van der Waals surface area contributed by atoms with Gasteiger partial charge in [-0.2, -0.15) is 15.1 Å². The molecule has 18 heavy (non-hydrogen) atoms. The van der Waals surface area contributed by atoms with Crippen LogP contribution in [0, 0.1) is 0 Å². The maximum atomic E-state index is 5.67. The number of anilines is 1. The van der Waals surface area contributed by atoms with E-state index in [1.54, 1.807) is 6.20 Å². The summed E-state index contributed by atoms with van der Waals surface area (Å²) in [4.78, 5) is 8.08. The van der Waals surface area contributed by atoms with Crippen molar-refractivity contribution in [2.75, 3.05) is 5.73 Å². The van der Waals surface area contributed by atoms with Gasteiger partial charge in [-0.25, -0.2) is 0 Å². The molecule has 0 aliphatic carbocycles. The molecule has 0 radical (unpaired) electrons. The van der Waals surface area contributed by atoms with Gasteiger partial charge in [0.2, 0.25) is 11.8 Å². The number of hydrogen-bond acceptors (Lipinski definition) is 5. The summed E-state index contributed by atoms with van der Waals surface area (Å²) in [7, 11) is 0. The van der Waals surface area contributed by atoms with Crippen molar-refractivity contribution in [1.82, 2.24) is 20.2 Å². The Morgan fingerprint density at radius 2 is 1.94 bits per heavy atom. The van der Waals surface area contributed by atoms with Gasteiger partial charge >= 0.3 is 0 Å². The highest BCUT2D eigenvalue weighted by atomic mass is 79.9. The molecule has 0 spiro atoms. The van der Waals surface area contributed by atoms with Crippen LogP contribution in [-0.2, 0) is 0 Å². The molecule has 0 bridgehead atoms. The number of rotatable bonds is 2. The second-order valence-corrected chi connectivity index (χ2v) is 4.49. The Morgan fingerprint density at radius 1 is 1.17 bits per heavy atom. The minimum absolute atomic E-state index is 0.138. The Balaban J connectivity index is 2.03. The predicted molar refractivity (Wildman–Crippen MR) is 70.3 cm³/mol. The summed E-state index contributed by atoms with van der Waals surface area (Å²) in [5.74, 6) is 1.19. The third-order valence-corrected chi connectivity index (χ3v) is 2.85. The molecular formula is C11H8BrN5O. The molecule has 3 N–H and O–H groups in total. The van der Waals surface area contributed by atoms with Crippen LogP contribution in [0.5, 0.6) is 11.6 Å². The van der Waals surface area contributed by atoms with Crippen LogP contribution in [0.3, 0.4) is 0 Å². The van der Waals surface area contributed by atoms with Crippen LogP contribution in [0.2, 0.25) is 0 Å². The zero-order valence-corrected chi connectivity index (χ0v) is 10.7. The zero-order valence-electron chi connectivity index (χ0n) is 9.09. The van der Waals surface area contributed by atoms with Crippen LogP contribution in [0.25, 0.3) is 11.0 Å². The maximum absolute atomic E-state index is 5.67. The largest absolute Gasteiger partial charge is 0.438 e. The van der Waals surface area contributed by atoms with Crippen LogP contribution >= 0.6 is 15.9 Å². The number of benzene rings is 1. The molecule has 3 rings (SSSR count). The highest BCUT2D eigenvalue weighted by Crippen LogP contribution is 2.27. The minimum atomic E-state index is 0.138. The van der Waals surface area contributed by atoms with Crippen LogP contribution in [0.15, 0.2) is 34.9 Å². The lowest BCUT2D eigenvalue weighted by Crippen LogP contribution is -1.97. The SMILES string of the molecule is Nc1nc(Oc2ccc(Br)cc2)c2cn[nH]c2n1. The molecule has 0 aliphatic rings. The van der Waals surface area contributed by atoms with Crippen molar-refractivity contribution in [1.29, 1.82) is 0 Å². The van der Waals surface area contributed by atoms with Crippen molar-refractivity contribution in [3.8, 4) is 11.6 Å². The number of nitrogens with one attached hydrogen (secondary N) is 1. The van der Waals surface area contributed by atoms with E-state index in [9.17, 15) is 0 Å². The molecule has 90 valence electrons. The number of halogens is 1. The predicted octanol–water partition coefficient (Wildman–Crippen LogP) is 2.49. The highest BCUT2D eigenvalue weighted by molar-refractivity contribution is 9.10. The molecule has 0 saturated heterocycles. The van der Waals surface area contributed by atoms with E-state index in [1.807, 2.05) is 24.3 Å². The van der Waals surface area contributed by atoms with Crippen molar-refractivity contribution in [2.45, 2.75) is 0 Å². The molecule has 3 aromatic rings. The third kappa shape index (κ3) is 2.00. The lowest BCUT2D eigenvalue weighted by molar-refractivity contribution is 0.469. The molecule has 0 atom stereocenters. The van der Waals surface area contributed by atoms with Crippen molar-refractivity contribution < 1.29 is 4.74 Å². The number of H-pyrrole nitrogens is 1. The number of hydrogen-bond donors (Lipinski definition) is 2. The van der Waals surface area contributed by atoms with E-state index in [0.29, 0.717) is 22.7 Å². The first-order valence-corrected chi connectivity index (χ1v) is 5.92. The number of nitrogens with two attached hydrogens (primary N) is 1. The van der Waals surface area contributed by atoms with Gasteiger partial charge in [-0.3, -0.25) is 5.10 Å². The number of nitrogen functional groups attached to an aromatic ring is 1. The van der Waals surface area contributed by atoms with Crippen LogP contribution in [0.1, 0.15) is 0 Å². The molecule has 2 heterocycles. The van der Waals surface area contributed by atoms with E-state index in [2.05, 4.69) is 36.1 Å². The minimum Gasteiger partial charge on any atom is -0.438 e. The zero-order chi connectivity index (χ0) is 12.5. The van der Waals surface area contributed by atoms with Crippen LogP contribution < -0.4 is 10.5 Å². The van der Waals surface area contributed by atoms with Gasteiger partial charge in [0.05, 0.1) is 6.20 Å². The van der Waals surface area contributed by atoms with Crippen LogP contribution in [0.4, 0.5) is 5.95 Å². The molecule has 1 aromatic carbocycles. The summed E-state index contributed by atoms with van der Waals surface area (Å²) in [6.45, 7) is 0.